The van der Waals surface area contributed by atoms with E-state index >= 15 is 0 Å². The molecule has 2 atom stereocenters. The Morgan fingerprint density at radius 1 is 1.38 bits per heavy atom. The first kappa shape index (κ1) is 23.1. The fraction of sp³-hybridized carbons (Fsp3) is 0.647. The molecule has 1 aromatic rings. The van der Waals surface area contributed by atoms with Gasteiger partial charge in [-0.05, 0) is 31.0 Å². The number of ether oxygens (including phenoxy) is 1. The lowest BCUT2D eigenvalue weighted by Gasteiger charge is -2.58. The second-order valence-corrected chi connectivity index (χ2v) is 6.67. The third-order valence-corrected chi connectivity index (χ3v) is 5.04. The number of aromatic nitrogens is 1. The van der Waals surface area contributed by atoms with Crippen LogP contribution >= 0.6 is 24.8 Å². The largest absolute Gasteiger partial charge is 0.378 e. The second-order valence-electron chi connectivity index (χ2n) is 6.67. The molecule has 7 heteroatoms. The van der Waals surface area contributed by atoms with E-state index in [1.807, 2.05) is 40.0 Å². The van der Waals surface area contributed by atoms with Gasteiger partial charge in [0.2, 0.25) is 5.91 Å². The van der Waals surface area contributed by atoms with E-state index in [1.165, 1.54) is 5.56 Å². The molecule has 2 rings (SSSR count). The van der Waals surface area contributed by atoms with Crippen molar-refractivity contribution in [3.05, 3.63) is 30.1 Å². The van der Waals surface area contributed by atoms with Gasteiger partial charge in [0.1, 0.15) is 5.54 Å². The molecule has 2 unspecified atom stereocenters. The number of pyridine rings is 1. The molecule has 0 aliphatic heterocycles. The maximum atomic E-state index is 12.8. The van der Waals surface area contributed by atoms with E-state index in [2.05, 4.69) is 4.98 Å². The topological polar surface area (TPSA) is 68.5 Å². The SMILES string of the molecule is CCOC1CC(N)(C(=O)N(C)CCc2ccncc2)C1(C)C.Cl.Cl. The molecule has 0 bridgehead atoms. The van der Waals surface area contributed by atoms with E-state index in [9.17, 15) is 4.79 Å². The van der Waals surface area contributed by atoms with Gasteiger partial charge in [-0.1, -0.05) is 13.8 Å². The van der Waals surface area contributed by atoms with E-state index in [1.54, 1.807) is 17.3 Å². The Hall–Kier alpha value is -0.880. The molecule has 1 aliphatic carbocycles. The van der Waals surface area contributed by atoms with Crippen LogP contribution < -0.4 is 5.73 Å². The molecule has 1 saturated carbocycles. The van der Waals surface area contributed by atoms with Gasteiger partial charge in [-0.15, -0.1) is 24.8 Å². The van der Waals surface area contributed by atoms with Crippen molar-refractivity contribution in [1.29, 1.82) is 0 Å². The molecule has 0 aromatic carbocycles. The van der Waals surface area contributed by atoms with Gasteiger partial charge in [0.25, 0.3) is 0 Å². The van der Waals surface area contributed by atoms with Crippen LogP contribution in [0.2, 0.25) is 0 Å². The van der Waals surface area contributed by atoms with Crippen molar-refractivity contribution in [1.82, 2.24) is 9.88 Å². The summed E-state index contributed by atoms with van der Waals surface area (Å²) in [5.41, 5.74) is 6.43. The molecule has 1 aromatic heterocycles. The molecule has 1 fully saturated rings. The molecule has 138 valence electrons. The molecular formula is C17H29Cl2N3O2. The maximum absolute atomic E-state index is 12.8. The van der Waals surface area contributed by atoms with Gasteiger partial charge in [-0.3, -0.25) is 9.78 Å². The minimum Gasteiger partial charge on any atom is -0.378 e. The third-order valence-electron chi connectivity index (χ3n) is 5.04. The van der Waals surface area contributed by atoms with Gasteiger partial charge in [-0.25, -0.2) is 0 Å². The molecule has 1 amide bonds. The highest BCUT2D eigenvalue weighted by Crippen LogP contribution is 2.50. The van der Waals surface area contributed by atoms with Crippen LogP contribution in [0, 0.1) is 5.41 Å². The quantitative estimate of drug-likeness (QED) is 0.826. The molecular weight excluding hydrogens is 349 g/mol. The number of amides is 1. The highest BCUT2D eigenvalue weighted by Gasteiger charge is 2.63. The van der Waals surface area contributed by atoms with Crippen LogP contribution in [0.3, 0.4) is 0 Å². The average molecular weight is 378 g/mol. The number of halogens is 2. The van der Waals surface area contributed by atoms with Crippen molar-refractivity contribution in [2.24, 2.45) is 11.1 Å². The summed E-state index contributed by atoms with van der Waals surface area (Å²) in [7, 11) is 1.82. The highest BCUT2D eigenvalue weighted by molar-refractivity contribution is 5.88. The number of carbonyl (C=O) groups excluding carboxylic acids is 1. The number of nitrogens with zero attached hydrogens (tertiary/aromatic N) is 2. The lowest BCUT2D eigenvalue weighted by atomic mass is 9.54. The van der Waals surface area contributed by atoms with Crippen molar-refractivity contribution in [2.75, 3.05) is 20.2 Å². The van der Waals surface area contributed by atoms with Crippen LogP contribution in [-0.2, 0) is 16.0 Å². The lowest BCUT2D eigenvalue weighted by Crippen LogP contribution is -2.75. The maximum Gasteiger partial charge on any atom is 0.243 e. The van der Waals surface area contributed by atoms with Crippen LogP contribution in [0.5, 0.6) is 0 Å². The standard InChI is InChI=1S/C17H27N3O2.2ClH/c1-5-22-14-12-17(18,16(14,2)3)15(21)20(4)11-8-13-6-9-19-10-7-13;;/h6-7,9-10,14H,5,8,11-12,18H2,1-4H3;2*1H. The van der Waals surface area contributed by atoms with Gasteiger partial charge in [0.15, 0.2) is 0 Å². The van der Waals surface area contributed by atoms with Gasteiger partial charge in [0, 0.05) is 44.4 Å². The summed E-state index contributed by atoms with van der Waals surface area (Å²) >= 11 is 0. The van der Waals surface area contributed by atoms with Crippen molar-refractivity contribution in [3.8, 4) is 0 Å². The minimum absolute atomic E-state index is 0. The van der Waals surface area contributed by atoms with E-state index in [-0.39, 0.29) is 42.2 Å². The Morgan fingerprint density at radius 3 is 2.46 bits per heavy atom. The summed E-state index contributed by atoms with van der Waals surface area (Å²) in [5, 5.41) is 0. The molecule has 0 radical (unpaired) electrons. The second kappa shape index (κ2) is 8.99. The summed E-state index contributed by atoms with van der Waals surface area (Å²) in [6, 6.07) is 3.93. The molecule has 2 N–H and O–H groups in total. The van der Waals surface area contributed by atoms with E-state index < -0.39 is 5.54 Å². The summed E-state index contributed by atoms with van der Waals surface area (Å²) in [4.78, 5) is 18.5. The summed E-state index contributed by atoms with van der Waals surface area (Å²) < 4.78 is 5.69. The van der Waals surface area contributed by atoms with Crippen molar-refractivity contribution in [2.45, 2.75) is 45.3 Å². The van der Waals surface area contributed by atoms with E-state index in [0.717, 1.165) is 6.42 Å². The number of likely N-dealkylation sites (N-methyl/N-ethyl adjacent to an activating group) is 1. The monoisotopic (exact) mass is 377 g/mol. The smallest absolute Gasteiger partial charge is 0.243 e. The molecule has 5 nitrogen and oxygen atoms in total. The van der Waals surface area contributed by atoms with Gasteiger partial charge >= 0.3 is 0 Å². The van der Waals surface area contributed by atoms with Crippen LogP contribution in [0.1, 0.15) is 32.8 Å². The van der Waals surface area contributed by atoms with Gasteiger partial charge in [0.05, 0.1) is 6.10 Å². The average Bonchev–Trinajstić information content (AvgIpc) is 2.52. The predicted octanol–water partition coefficient (Wildman–Crippen LogP) is 2.46. The first-order valence-corrected chi connectivity index (χ1v) is 7.88. The number of hydrogen-bond donors (Lipinski definition) is 1. The van der Waals surface area contributed by atoms with Gasteiger partial charge in [-0.2, -0.15) is 0 Å². The number of rotatable bonds is 6. The minimum atomic E-state index is -0.834. The van der Waals surface area contributed by atoms with Crippen LogP contribution in [-0.4, -0.2) is 47.6 Å². The fourth-order valence-corrected chi connectivity index (χ4v) is 3.09. The molecule has 1 heterocycles. The zero-order chi connectivity index (χ0) is 16.4. The summed E-state index contributed by atoms with van der Waals surface area (Å²) in [6.07, 6.45) is 4.98. The van der Waals surface area contributed by atoms with E-state index in [4.69, 9.17) is 10.5 Å². The molecule has 1 aliphatic rings. The number of nitrogens with two attached hydrogens (primary N) is 1. The first-order valence-electron chi connectivity index (χ1n) is 7.88. The van der Waals surface area contributed by atoms with Crippen LogP contribution in [0.15, 0.2) is 24.5 Å². The summed E-state index contributed by atoms with van der Waals surface area (Å²) in [6.45, 7) is 7.31. The summed E-state index contributed by atoms with van der Waals surface area (Å²) in [5.74, 6) is 0.00232. The number of carbonyl (C=O) groups is 1. The van der Waals surface area contributed by atoms with Crippen molar-refractivity contribution in [3.63, 3.8) is 0 Å². The Morgan fingerprint density at radius 2 is 1.96 bits per heavy atom. The highest BCUT2D eigenvalue weighted by atomic mass is 35.5. The predicted molar refractivity (Wildman–Crippen MR) is 101 cm³/mol. The van der Waals surface area contributed by atoms with Crippen molar-refractivity contribution >= 4 is 30.7 Å². The van der Waals surface area contributed by atoms with E-state index in [0.29, 0.717) is 19.6 Å². The van der Waals surface area contributed by atoms with Crippen LogP contribution in [0.25, 0.3) is 0 Å². The third kappa shape index (κ3) is 4.20. The Kier molecular flexibility index (Phi) is 8.67. The normalized spacial score (nSPS) is 24.1. The Balaban J connectivity index is 0.00000264. The molecule has 0 saturated heterocycles. The zero-order valence-electron chi connectivity index (χ0n) is 14.8. The Bertz CT molecular complexity index is 528. The number of hydrogen-bond acceptors (Lipinski definition) is 4. The van der Waals surface area contributed by atoms with Crippen molar-refractivity contribution < 1.29 is 9.53 Å². The fourth-order valence-electron chi connectivity index (χ4n) is 3.09. The molecule has 0 spiro atoms. The van der Waals surface area contributed by atoms with Gasteiger partial charge < -0.3 is 15.4 Å². The molecule has 24 heavy (non-hydrogen) atoms. The Labute approximate surface area is 157 Å². The zero-order valence-corrected chi connectivity index (χ0v) is 16.5. The van der Waals surface area contributed by atoms with Crippen LogP contribution in [0.4, 0.5) is 0 Å². The lowest BCUT2D eigenvalue weighted by molar-refractivity contribution is -0.178. The first-order chi connectivity index (χ1) is 10.3.